The lowest BCUT2D eigenvalue weighted by Gasteiger charge is -2.20. The second kappa shape index (κ2) is 11.7. The summed E-state index contributed by atoms with van der Waals surface area (Å²) < 4.78 is 38.7. The number of rotatable bonds is 8. The molecule has 1 aromatic heterocycles. The zero-order valence-electron chi connectivity index (χ0n) is 16.9. The third kappa shape index (κ3) is 9.63. The third-order valence-electron chi connectivity index (χ3n) is 4.23. The van der Waals surface area contributed by atoms with Crippen molar-refractivity contribution in [3.63, 3.8) is 0 Å². The van der Waals surface area contributed by atoms with Gasteiger partial charge < -0.3 is 10.6 Å². The quantitative estimate of drug-likeness (QED) is 0.248. The van der Waals surface area contributed by atoms with Gasteiger partial charge in [0.25, 0.3) is 0 Å². The molecule has 2 N–H and O–H groups in total. The van der Waals surface area contributed by atoms with Crippen molar-refractivity contribution in [3.05, 3.63) is 17.0 Å². The van der Waals surface area contributed by atoms with Crippen LogP contribution in [-0.4, -0.2) is 66.6 Å². The fourth-order valence-corrected chi connectivity index (χ4v) is 2.84. The Morgan fingerprint density at radius 1 is 1.33 bits per heavy atom. The maximum absolute atomic E-state index is 12.3. The molecule has 0 fully saturated rings. The molecule has 0 radical (unpaired) electrons. The molecule has 0 spiro atoms. The van der Waals surface area contributed by atoms with Gasteiger partial charge in [0.05, 0.1) is 12.2 Å². The summed E-state index contributed by atoms with van der Waals surface area (Å²) in [6, 6.07) is 0.149. The lowest BCUT2D eigenvalue weighted by molar-refractivity contribution is -0.143. The van der Waals surface area contributed by atoms with Gasteiger partial charge in [-0.25, -0.2) is 0 Å². The van der Waals surface area contributed by atoms with Crippen molar-refractivity contribution < 1.29 is 13.2 Å². The highest BCUT2D eigenvalue weighted by atomic mass is 127. The van der Waals surface area contributed by atoms with Gasteiger partial charge in [0, 0.05) is 32.4 Å². The van der Waals surface area contributed by atoms with Crippen LogP contribution >= 0.6 is 24.0 Å². The standard InChI is InChI=1S/C17H31F3N6.HI/c1-12(10-15-13(2)24-26(6)14(15)3)23-16(21-4)22-8-7-9-25(5)11-17(18,19)20;/h12H,7-11H2,1-6H3,(H2,21,22,23);1H. The number of hydrogen-bond donors (Lipinski definition) is 2. The van der Waals surface area contributed by atoms with Crippen LogP contribution in [0.25, 0.3) is 0 Å². The fraction of sp³-hybridized carbons (Fsp3) is 0.765. The lowest BCUT2D eigenvalue weighted by atomic mass is 10.1. The Labute approximate surface area is 177 Å². The number of halogens is 4. The first kappa shape index (κ1) is 26.0. The minimum Gasteiger partial charge on any atom is -0.356 e. The van der Waals surface area contributed by atoms with Crippen LogP contribution in [0.1, 0.15) is 30.3 Å². The molecule has 0 aliphatic rings. The highest BCUT2D eigenvalue weighted by Crippen LogP contribution is 2.15. The molecule has 0 aliphatic heterocycles. The molecule has 1 atom stereocenters. The van der Waals surface area contributed by atoms with E-state index in [1.54, 1.807) is 7.05 Å². The van der Waals surface area contributed by atoms with Crippen molar-refractivity contribution in [1.29, 1.82) is 0 Å². The van der Waals surface area contributed by atoms with Gasteiger partial charge in [-0.1, -0.05) is 0 Å². The Morgan fingerprint density at radius 2 is 1.96 bits per heavy atom. The Morgan fingerprint density at radius 3 is 2.44 bits per heavy atom. The predicted molar refractivity (Wildman–Crippen MR) is 114 cm³/mol. The minimum atomic E-state index is -4.15. The zero-order chi connectivity index (χ0) is 19.9. The number of nitrogens with zero attached hydrogens (tertiary/aromatic N) is 4. The van der Waals surface area contributed by atoms with Gasteiger partial charge >= 0.3 is 6.18 Å². The molecule has 27 heavy (non-hydrogen) atoms. The molecule has 1 aromatic rings. The van der Waals surface area contributed by atoms with E-state index in [2.05, 4.69) is 27.6 Å². The van der Waals surface area contributed by atoms with Crippen LogP contribution in [0.3, 0.4) is 0 Å². The smallest absolute Gasteiger partial charge is 0.356 e. The average Bonchev–Trinajstić information content (AvgIpc) is 2.75. The zero-order valence-corrected chi connectivity index (χ0v) is 19.3. The topological polar surface area (TPSA) is 57.5 Å². The molecule has 0 aliphatic carbocycles. The number of aryl methyl sites for hydroxylation is 2. The second-order valence-electron chi connectivity index (χ2n) is 6.73. The normalized spacial score (nSPS) is 13.5. The Kier molecular flexibility index (Phi) is 11.3. The van der Waals surface area contributed by atoms with E-state index in [-0.39, 0.29) is 30.0 Å². The van der Waals surface area contributed by atoms with Gasteiger partial charge in [0.15, 0.2) is 5.96 Å². The van der Waals surface area contributed by atoms with E-state index in [4.69, 9.17) is 0 Å². The molecule has 1 unspecified atom stereocenters. The van der Waals surface area contributed by atoms with Crippen LogP contribution in [0, 0.1) is 13.8 Å². The number of guanidine groups is 1. The average molecular weight is 504 g/mol. The maximum atomic E-state index is 12.3. The van der Waals surface area contributed by atoms with Crippen LogP contribution < -0.4 is 10.6 Å². The maximum Gasteiger partial charge on any atom is 0.401 e. The largest absolute Gasteiger partial charge is 0.401 e. The van der Waals surface area contributed by atoms with E-state index >= 15 is 0 Å². The summed E-state index contributed by atoms with van der Waals surface area (Å²) in [5.41, 5.74) is 3.39. The SMILES string of the molecule is CN=C(NCCCN(C)CC(F)(F)F)NC(C)Cc1c(C)nn(C)c1C.I. The van der Waals surface area contributed by atoms with Gasteiger partial charge in [-0.15, -0.1) is 24.0 Å². The summed E-state index contributed by atoms with van der Waals surface area (Å²) in [7, 11) is 5.08. The van der Waals surface area contributed by atoms with E-state index in [1.807, 2.05) is 25.6 Å². The molecule has 6 nitrogen and oxygen atoms in total. The van der Waals surface area contributed by atoms with Gasteiger partial charge in [-0.2, -0.15) is 18.3 Å². The van der Waals surface area contributed by atoms with Crippen molar-refractivity contribution in [2.24, 2.45) is 12.0 Å². The van der Waals surface area contributed by atoms with Crippen molar-refractivity contribution in [2.45, 2.75) is 45.8 Å². The molecular weight excluding hydrogens is 472 g/mol. The van der Waals surface area contributed by atoms with Crippen molar-refractivity contribution in [2.75, 3.05) is 33.7 Å². The lowest BCUT2D eigenvalue weighted by Crippen LogP contribution is -2.44. The van der Waals surface area contributed by atoms with Crippen molar-refractivity contribution >= 4 is 29.9 Å². The first-order chi connectivity index (χ1) is 12.0. The minimum absolute atomic E-state index is 0. The molecule has 0 saturated carbocycles. The number of aromatic nitrogens is 2. The monoisotopic (exact) mass is 504 g/mol. The summed E-state index contributed by atoms with van der Waals surface area (Å²) in [6.07, 6.45) is -2.74. The fourth-order valence-electron chi connectivity index (χ4n) is 2.84. The second-order valence-corrected chi connectivity index (χ2v) is 6.73. The molecular formula is C17H32F3IN6. The molecule has 0 amide bonds. The number of alkyl halides is 3. The molecule has 0 saturated heterocycles. The summed E-state index contributed by atoms with van der Waals surface area (Å²) in [6.45, 7) is 6.15. The molecule has 1 rings (SSSR count). The van der Waals surface area contributed by atoms with Crippen molar-refractivity contribution in [1.82, 2.24) is 25.3 Å². The van der Waals surface area contributed by atoms with Crippen LogP contribution in [0.2, 0.25) is 0 Å². The van der Waals surface area contributed by atoms with Gasteiger partial charge in [-0.05, 0) is 52.8 Å². The number of nitrogens with one attached hydrogen (secondary N) is 2. The highest BCUT2D eigenvalue weighted by molar-refractivity contribution is 14.0. The molecule has 1 heterocycles. The Hall–Kier alpha value is -1.04. The number of hydrogen-bond acceptors (Lipinski definition) is 3. The first-order valence-corrected chi connectivity index (χ1v) is 8.75. The molecule has 158 valence electrons. The molecule has 10 heteroatoms. The van der Waals surface area contributed by atoms with Crippen LogP contribution in [0.4, 0.5) is 13.2 Å². The predicted octanol–water partition coefficient (Wildman–Crippen LogP) is 2.64. The van der Waals surface area contributed by atoms with E-state index in [9.17, 15) is 13.2 Å². The van der Waals surface area contributed by atoms with E-state index < -0.39 is 12.7 Å². The summed E-state index contributed by atoms with van der Waals surface area (Å²) in [5, 5.41) is 10.9. The Balaban J connectivity index is 0.00000676. The van der Waals surface area contributed by atoms with Crippen LogP contribution in [-0.2, 0) is 13.5 Å². The van der Waals surface area contributed by atoms with Gasteiger partial charge in [-0.3, -0.25) is 14.6 Å². The summed E-state index contributed by atoms with van der Waals surface area (Å²) in [4.78, 5) is 5.45. The van der Waals surface area contributed by atoms with Gasteiger partial charge in [0.1, 0.15) is 0 Å². The van der Waals surface area contributed by atoms with Gasteiger partial charge in [0.2, 0.25) is 0 Å². The summed E-state index contributed by atoms with van der Waals surface area (Å²) >= 11 is 0. The third-order valence-corrected chi connectivity index (χ3v) is 4.23. The highest BCUT2D eigenvalue weighted by Gasteiger charge is 2.28. The molecule has 0 aromatic carbocycles. The van der Waals surface area contributed by atoms with Crippen LogP contribution in [0.5, 0.6) is 0 Å². The Bertz CT molecular complexity index is 600. The molecule has 0 bridgehead atoms. The van der Waals surface area contributed by atoms with Crippen LogP contribution in [0.15, 0.2) is 4.99 Å². The van der Waals surface area contributed by atoms with E-state index in [1.165, 1.54) is 17.5 Å². The van der Waals surface area contributed by atoms with E-state index in [0.29, 0.717) is 25.5 Å². The summed E-state index contributed by atoms with van der Waals surface area (Å²) in [5.74, 6) is 0.648. The van der Waals surface area contributed by atoms with Crippen molar-refractivity contribution in [3.8, 4) is 0 Å². The number of aliphatic imine (C=N–C) groups is 1. The first-order valence-electron chi connectivity index (χ1n) is 8.75. The van der Waals surface area contributed by atoms with E-state index in [0.717, 1.165) is 17.8 Å².